The summed E-state index contributed by atoms with van der Waals surface area (Å²) in [5.41, 5.74) is 0.442. The molecule has 1 atom stereocenters. The van der Waals surface area contributed by atoms with E-state index in [9.17, 15) is 9.59 Å². The summed E-state index contributed by atoms with van der Waals surface area (Å²) in [6, 6.07) is 0. The molecule has 3 N–H and O–H groups in total. The molecule has 0 spiro atoms. The van der Waals surface area contributed by atoms with Gasteiger partial charge < -0.3 is 15.4 Å². The zero-order valence-corrected chi connectivity index (χ0v) is 11.2. The van der Waals surface area contributed by atoms with Crippen molar-refractivity contribution < 1.29 is 14.7 Å². The summed E-state index contributed by atoms with van der Waals surface area (Å²) in [7, 11) is 0. The van der Waals surface area contributed by atoms with Crippen molar-refractivity contribution in [3.63, 3.8) is 0 Å². The van der Waals surface area contributed by atoms with Crippen LogP contribution in [0, 0.1) is 5.92 Å². The lowest BCUT2D eigenvalue weighted by Crippen LogP contribution is -2.26. The van der Waals surface area contributed by atoms with Gasteiger partial charge in [0.15, 0.2) is 0 Å². The molecular weight excluding hydrogens is 246 g/mol. The fourth-order valence-corrected chi connectivity index (χ4v) is 2.03. The number of hydrogen-bond acceptors (Lipinski definition) is 3. The zero-order chi connectivity index (χ0) is 14.1. The van der Waals surface area contributed by atoms with E-state index >= 15 is 0 Å². The first-order chi connectivity index (χ1) is 9.13. The van der Waals surface area contributed by atoms with Crippen molar-refractivity contribution >= 4 is 11.9 Å². The molecule has 0 radical (unpaired) electrons. The first-order valence-corrected chi connectivity index (χ1v) is 6.61. The Morgan fingerprint density at radius 1 is 1.42 bits per heavy atom. The summed E-state index contributed by atoms with van der Waals surface area (Å²) >= 11 is 0. The SMILES string of the molecule is CCCC(CCNC(=O)c1cnc[nH]1)CCC(=O)O. The number of aliphatic carboxylic acids is 1. The first-order valence-electron chi connectivity index (χ1n) is 6.61. The third kappa shape index (κ3) is 6.03. The van der Waals surface area contributed by atoms with E-state index in [1.54, 1.807) is 0 Å². The summed E-state index contributed by atoms with van der Waals surface area (Å²) in [6.07, 6.45) is 6.63. The van der Waals surface area contributed by atoms with Gasteiger partial charge in [0.1, 0.15) is 5.69 Å². The highest BCUT2D eigenvalue weighted by Gasteiger charge is 2.11. The van der Waals surface area contributed by atoms with Gasteiger partial charge in [-0.25, -0.2) is 4.98 Å². The molecule has 6 heteroatoms. The van der Waals surface area contributed by atoms with Crippen molar-refractivity contribution in [2.45, 2.75) is 39.0 Å². The Bertz CT molecular complexity index is 390. The lowest BCUT2D eigenvalue weighted by atomic mass is 9.94. The van der Waals surface area contributed by atoms with Crippen LogP contribution in [-0.2, 0) is 4.79 Å². The van der Waals surface area contributed by atoms with Crippen molar-refractivity contribution in [3.8, 4) is 0 Å². The van der Waals surface area contributed by atoms with E-state index in [4.69, 9.17) is 5.11 Å². The maximum absolute atomic E-state index is 11.6. The highest BCUT2D eigenvalue weighted by atomic mass is 16.4. The molecule has 1 aromatic rings. The summed E-state index contributed by atoms with van der Waals surface area (Å²) in [6.45, 7) is 2.64. The number of aromatic amines is 1. The van der Waals surface area contributed by atoms with Gasteiger partial charge in [-0.1, -0.05) is 19.8 Å². The van der Waals surface area contributed by atoms with E-state index in [0.29, 0.717) is 24.6 Å². The molecule has 0 bridgehead atoms. The highest BCUT2D eigenvalue weighted by molar-refractivity contribution is 5.91. The molecule has 1 heterocycles. The van der Waals surface area contributed by atoms with Crippen LogP contribution >= 0.6 is 0 Å². The fraction of sp³-hybridized carbons (Fsp3) is 0.615. The second-order valence-electron chi connectivity index (χ2n) is 4.60. The van der Waals surface area contributed by atoms with Crippen LogP contribution in [0.15, 0.2) is 12.5 Å². The van der Waals surface area contributed by atoms with E-state index in [2.05, 4.69) is 22.2 Å². The number of imidazole rings is 1. The number of nitrogens with zero attached hydrogens (tertiary/aromatic N) is 1. The van der Waals surface area contributed by atoms with Crippen LogP contribution in [-0.4, -0.2) is 33.5 Å². The van der Waals surface area contributed by atoms with E-state index in [-0.39, 0.29) is 12.3 Å². The van der Waals surface area contributed by atoms with Gasteiger partial charge in [-0.05, 0) is 18.8 Å². The lowest BCUT2D eigenvalue weighted by Gasteiger charge is -2.15. The largest absolute Gasteiger partial charge is 0.481 e. The van der Waals surface area contributed by atoms with Crippen LogP contribution < -0.4 is 5.32 Å². The van der Waals surface area contributed by atoms with Crippen LogP contribution in [0.1, 0.15) is 49.5 Å². The second kappa shape index (κ2) is 8.29. The number of nitrogens with one attached hydrogen (secondary N) is 2. The predicted octanol–water partition coefficient (Wildman–Crippen LogP) is 1.81. The third-order valence-electron chi connectivity index (χ3n) is 3.04. The third-order valence-corrected chi connectivity index (χ3v) is 3.04. The van der Waals surface area contributed by atoms with Crippen molar-refractivity contribution in [2.75, 3.05) is 6.54 Å². The first kappa shape index (κ1) is 15.2. The van der Waals surface area contributed by atoms with Gasteiger partial charge in [-0.2, -0.15) is 0 Å². The Labute approximate surface area is 112 Å². The molecule has 0 saturated carbocycles. The van der Waals surface area contributed by atoms with Crippen molar-refractivity contribution in [1.29, 1.82) is 0 Å². The molecule has 0 fully saturated rings. The standard InChI is InChI=1S/C13H21N3O3/c1-2-3-10(4-5-12(17)18)6-7-15-13(19)11-8-14-9-16-11/h8-10H,2-7H2,1H3,(H,14,16)(H,15,19)(H,17,18). The molecule has 0 aromatic carbocycles. The fourth-order valence-electron chi connectivity index (χ4n) is 2.03. The van der Waals surface area contributed by atoms with Crippen LogP contribution in [0.4, 0.5) is 0 Å². The average Bonchev–Trinajstić information content (AvgIpc) is 2.89. The van der Waals surface area contributed by atoms with Crippen LogP contribution in [0.3, 0.4) is 0 Å². The number of carbonyl (C=O) groups is 2. The normalized spacial score (nSPS) is 12.1. The zero-order valence-electron chi connectivity index (χ0n) is 11.2. The van der Waals surface area contributed by atoms with Gasteiger partial charge in [0.05, 0.1) is 12.5 Å². The molecule has 1 aromatic heterocycles. The topological polar surface area (TPSA) is 95.1 Å². The number of carboxylic acid groups (broad SMARTS) is 1. The molecule has 1 rings (SSSR count). The van der Waals surface area contributed by atoms with Gasteiger partial charge in [0.2, 0.25) is 0 Å². The molecule has 0 aliphatic heterocycles. The maximum atomic E-state index is 11.6. The van der Waals surface area contributed by atoms with E-state index in [1.807, 2.05) is 0 Å². The number of carboxylic acids is 1. The number of amides is 1. The molecule has 106 valence electrons. The Morgan fingerprint density at radius 3 is 2.79 bits per heavy atom. The van der Waals surface area contributed by atoms with Gasteiger partial charge in [0, 0.05) is 13.0 Å². The Hall–Kier alpha value is -1.85. The summed E-state index contributed by atoms with van der Waals surface area (Å²) < 4.78 is 0. The van der Waals surface area contributed by atoms with Gasteiger partial charge in [0.25, 0.3) is 5.91 Å². The van der Waals surface area contributed by atoms with Crippen LogP contribution in [0.25, 0.3) is 0 Å². The maximum Gasteiger partial charge on any atom is 0.303 e. The van der Waals surface area contributed by atoms with E-state index in [0.717, 1.165) is 19.3 Å². The second-order valence-corrected chi connectivity index (χ2v) is 4.60. The monoisotopic (exact) mass is 267 g/mol. The number of hydrogen-bond donors (Lipinski definition) is 3. The molecular formula is C13H21N3O3. The number of carbonyl (C=O) groups excluding carboxylic acids is 1. The summed E-state index contributed by atoms with van der Waals surface area (Å²) in [5.74, 6) is -0.586. The number of rotatable bonds is 9. The van der Waals surface area contributed by atoms with E-state index in [1.165, 1.54) is 12.5 Å². The minimum absolute atomic E-state index is 0.175. The Morgan fingerprint density at radius 2 is 2.21 bits per heavy atom. The van der Waals surface area contributed by atoms with Gasteiger partial charge >= 0.3 is 5.97 Å². The van der Waals surface area contributed by atoms with E-state index < -0.39 is 5.97 Å². The lowest BCUT2D eigenvalue weighted by molar-refractivity contribution is -0.137. The van der Waals surface area contributed by atoms with Gasteiger partial charge in [-0.3, -0.25) is 9.59 Å². The average molecular weight is 267 g/mol. The minimum atomic E-state index is -0.761. The van der Waals surface area contributed by atoms with Crippen molar-refractivity contribution in [3.05, 3.63) is 18.2 Å². The molecule has 19 heavy (non-hydrogen) atoms. The molecule has 1 amide bonds. The van der Waals surface area contributed by atoms with Crippen LogP contribution in [0.5, 0.6) is 0 Å². The minimum Gasteiger partial charge on any atom is -0.481 e. The Kier molecular flexibility index (Phi) is 6.63. The molecule has 1 unspecified atom stereocenters. The van der Waals surface area contributed by atoms with Crippen molar-refractivity contribution in [1.82, 2.24) is 15.3 Å². The smallest absolute Gasteiger partial charge is 0.303 e. The predicted molar refractivity (Wildman–Crippen MR) is 70.8 cm³/mol. The molecule has 0 aliphatic rings. The highest BCUT2D eigenvalue weighted by Crippen LogP contribution is 2.17. The molecule has 6 nitrogen and oxygen atoms in total. The quantitative estimate of drug-likeness (QED) is 0.636. The number of aromatic nitrogens is 2. The number of H-pyrrole nitrogens is 1. The van der Waals surface area contributed by atoms with Crippen LogP contribution in [0.2, 0.25) is 0 Å². The van der Waals surface area contributed by atoms with Crippen molar-refractivity contribution in [2.24, 2.45) is 5.92 Å². The molecule has 0 saturated heterocycles. The van der Waals surface area contributed by atoms with Gasteiger partial charge in [-0.15, -0.1) is 0 Å². The Balaban J connectivity index is 2.27. The summed E-state index contributed by atoms with van der Waals surface area (Å²) in [4.78, 5) is 28.7. The molecule has 0 aliphatic carbocycles. The summed E-state index contributed by atoms with van der Waals surface area (Å²) in [5, 5.41) is 11.5.